The van der Waals surface area contributed by atoms with Crippen molar-refractivity contribution in [2.24, 2.45) is 12.1 Å². The number of hydrogen-bond donors (Lipinski definition) is 0. The van der Waals surface area contributed by atoms with Crippen molar-refractivity contribution in [1.82, 2.24) is 0 Å². The molecule has 0 aliphatic rings. The first-order chi connectivity index (χ1) is 9.19. The lowest BCUT2D eigenvalue weighted by Crippen LogP contribution is -2.25. The van der Waals surface area contributed by atoms with E-state index in [2.05, 4.69) is 5.10 Å². The van der Waals surface area contributed by atoms with E-state index in [4.69, 9.17) is 4.74 Å². The highest BCUT2D eigenvalue weighted by Crippen LogP contribution is 2.18. The third-order valence-electron chi connectivity index (χ3n) is 2.83. The minimum absolute atomic E-state index is 0.844. The van der Waals surface area contributed by atoms with Crippen LogP contribution in [0.2, 0.25) is 0 Å². The van der Waals surface area contributed by atoms with Crippen molar-refractivity contribution >= 4 is 11.9 Å². The van der Waals surface area contributed by atoms with E-state index in [-0.39, 0.29) is 0 Å². The predicted molar refractivity (Wildman–Crippen MR) is 76.6 cm³/mol. The van der Waals surface area contributed by atoms with Crippen LogP contribution in [0.4, 0.5) is 5.69 Å². The largest absolute Gasteiger partial charge is 0.497 e. The Balaban J connectivity index is 2.07. The summed E-state index contributed by atoms with van der Waals surface area (Å²) in [5, 5.41) is 6.23. The molecule has 19 heavy (non-hydrogen) atoms. The highest BCUT2D eigenvalue weighted by Gasteiger charge is 1.99. The number of hydrogen-bond acceptors (Lipinski definition) is 3. The molecule has 4 heteroatoms. The van der Waals surface area contributed by atoms with E-state index in [0.29, 0.717) is 0 Å². The summed E-state index contributed by atoms with van der Waals surface area (Å²) in [6, 6.07) is 11.8. The fraction of sp³-hybridized carbons (Fsp3) is 0.200. The molecule has 0 atom stereocenters. The van der Waals surface area contributed by atoms with E-state index < -0.39 is 0 Å². The van der Waals surface area contributed by atoms with Crippen molar-refractivity contribution in [3.05, 3.63) is 54.4 Å². The summed E-state index contributed by atoms with van der Waals surface area (Å²) in [7, 11) is 5.57. The van der Waals surface area contributed by atoms with Crippen LogP contribution in [0, 0.1) is 0 Å². The van der Waals surface area contributed by atoms with Gasteiger partial charge in [0.2, 0.25) is 0 Å². The maximum absolute atomic E-state index is 5.13. The van der Waals surface area contributed by atoms with Crippen molar-refractivity contribution in [2.75, 3.05) is 19.2 Å². The highest BCUT2D eigenvalue weighted by molar-refractivity contribution is 5.79. The van der Waals surface area contributed by atoms with Crippen LogP contribution >= 0.6 is 0 Å². The SMILES string of the molecule is COc1ccc(N(C)/N=C\c2cc[n+](C)cc2)cc1. The van der Waals surface area contributed by atoms with Crippen LogP contribution in [0.25, 0.3) is 0 Å². The Bertz CT molecular complexity index is 547. The number of anilines is 1. The summed E-state index contributed by atoms with van der Waals surface area (Å²) >= 11 is 0. The molecule has 0 aliphatic carbocycles. The van der Waals surface area contributed by atoms with Crippen LogP contribution in [0.3, 0.4) is 0 Å². The maximum atomic E-state index is 5.13. The first-order valence-electron chi connectivity index (χ1n) is 6.06. The summed E-state index contributed by atoms with van der Waals surface area (Å²) < 4.78 is 7.12. The summed E-state index contributed by atoms with van der Waals surface area (Å²) in [6.07, 6.45) is 5.83. The van der Waals surface area contributed by atoms with Crippen molar-refractivity contribution in [3.63, 3.8) is 0 Å². The summed E-state index contributed by atoms with van der Waals surface area (Å²) in [5.41, 5.74) is 2.08. The Labute approximate surface area is 113 Å². The molecule has 0 N–H and O–H groups in total. The second-order valence-corrected chi connectivity index (χ2v) is 4.26. The van der Waals surface area contributed by atoms with Crippen LogP contribution in [-0.2, 0) is 7.05 Å². The zero-order chi connectivity index (χ0) is 13.7. The highest BCUT2D eigenvalue weighted by atomic mass is 16.5. The molecule has 0 fully saturated rings. The van der Waals surface area contributed by atoms with Gasteiger partial charge in [-0.25, -0.2) is 4.57 Å². The van der Waals surface area contributed by atoms with Gasteiger partial charge < -0.3 is 4.74 Å². The molecular formula is C15H18N3O+. The van der Waals surface area contributed by atoms with Crippen molar-refractivity contribution in [3.8, 4) is 5.75 Å². The zero-order valence-electron chi connectivity index (χ0n) is 11.4. The van der Waals surface area contributed by atoms with E-state index in [9.17, 15) is 0 Å². The van der Waals surface area contributed by atoms with E-state index in [1.807, 2.05) is 78.7 Å². The van der Waals surface area contributed by atoms with E-state index in [1.165, 1.54) is 0 Å². The lowest BCUT2D eigenvalue weighted by molar-refractivity contribution is -0.671. The minimum atomic E-state index is 0.844. The van der Waals surface area contributed by atoms with Gasteiger partial charge in [-0.15, -0.1) is 0 Å². The molecular weight excluding hydrogens is 238 g/mol. The van der Waals surface area contributed by atoms with Crippen LogP contribution in [0.5, 0.6) is 5.75 Å². The average Bonchev–Trinajstić information content (AvgIpc) is 2.46. The Morgan fingerprint density at radius 2 is 1.74 bits per heavy atom. The molecule has 0 bridgehead atoms. The number of pyridine rings is 1. The first-order valence-corrected chi connectivity index (χ1v) is 6.06. The molecule has 0 aliphatic heterocycles. The summed E-state index contributed by atoms with van der Waals surface area (Å²) in [6.45, 7) is 0. The number of ether oxygens (including phenoxy) is 1. The fourth-order valence-corrected chi connectivity index (χ4v) is 1.62. The maximum Gasteiger partial charge on any atom is 0.169 e. The molecule has 98 valence electrons. The summed E-state index contributed by atoms with van der Waals surface area (Å²) in [4.78, 5) is 0. The second-order valence-electron chi connectivity index (χ2n) is 4.26. The molecule has 1 heterocycles. The van der Waals surface area contributed by atoms with Gasteiger partial charge in [0, 0.05) is 24.7 Å². The second kappa shape index (κ2) is 6.00. The number of methoxy groups -OCH3 is 1. The molecule has 2 aromatic rings. The fourth-order valence-electron chi connectivity index (χ4n) is 1.62. The number of aromatic nitrogens is 1. The van der Waals surface area contributed by atoms with Gasteiger partial charge in [-0.1, -0.05) is 0 Å². The number of aryl methyl sites for hydroxylation is 1. The molecule has 0 unspecified atom stereocenters. The Morgan fingerprint density at radius 3 is 2.32 bits per heavy atom. The third-order valence-corrected chi connectivity index (χ3v) is 2.83. The third kappa shape index (κ3) is 3.55. The number of hydrazone groups is 1. The van der Waals surface area contributed by atoms with Crippen molar-refractivity contribution < 1.29 is 9.30 Å². The monoisotopic (exact) mass is 256 g/mol. The minimum Gasteiger partial charge on any atom is -0.497 e. The van der Waals surface area contributed by atoms with Gasteiger partial charge in [0.25, 0.3) is 0 Å². The van der Waals surface area contributed by atoms with Gasteiger partial charge in [-0.2, -0.15) is 5.10 Å². The molecule has 0 spiro atoms. The number of nitrogens with zero attached hydrogens (tertiary/aromatic N) is 3. The Morgan fingerprint density at radius 1 is 1.11 bits per heavy atom. The zero-order valence-corrected chi connectivity index (χ0v) is 11.4. The number of rotatable bonds is 4. The predicted octanol–water partition coefficient (Wildman–Crippen LogP) is 1.99. The van der Waals surface area contributed by atoms with Crippen molar-refractivity contribution in [2.45, 2.75) is 0 Å². The van der Waals surface area contributed by atoms with Gasteiger partial charge in [-0.3, -0.25) is 5.01 Å². The summed E-state index contributed by atoms with van der Waals surface area (Å²) in [5.74, 6) is 0.844. The molecule has 1 aromatic heterocycles. The van der Waals surface area contributed by atoms with E-state index in [0.717, 1.165) is 17.0 Å². The molecule has 0 radical (unpaired) electrons. The Kier molecular flexibility index (Phi) is 4.13. The van der Waals surface area contributed by atoms with Crippen LogP contribution in [0.15, 0.2) is 53.9 Å². The quantitative estimate of drug-likeness (QED) is 0.475. The molecule has 0 saturated carbocycles. The molecule has 4 nitrogen and oxygen atoms in total. The molecule has 1 aromatic carbocycles. The van der Waals surface area contributed by atoms with Gasteiger partial charge >= 0.3 is 0 Å². The van der Waals surface area contributed by atoms with Crippen LogP contribution in [0.1, 0.15) is 5.56 Å². The first kappa shape index (κ1) is 13.1. The molecule has 2 rings (SSSR count). The lowest BCUT2D eigenvalue weighted by atomic mass is 10.3. The normalized spacial score (nSPS) is 10.7. The van der Waals surface area contributed by atoms with E-state index >= 15 is 0 Å². The molecule has 0 saturated heterocycles. The smallest absolute Gasteiger partial charge is 0.169 e. The standard InChI is InChI=1S/C15H18N3O/c1-17-10-8-13(9-11-17)12-16-18(2)14-4-6-15(19-3)7-5-14/h4-12H,1-3H3/q+1. The van der Waals surface area contributed by atoms with E-state index in [1.54, 1.807) is 7.11 Å². The van der Waals surface area contributed by atoms with Crippen molar-refractivity contribution in [1.29, 1.82) is 0 Å². The van der Waals surface area contributed by atoms with Gasteiger partial charge in [-0.05, 0) is 24.3 Å². The topological polar surface area (TPSA) is 28.7 Å². The van der Waals surface area contributed by atoms with Crippen LogP contribution in [-0.4, -0.2) is 20.4 Å². The van der Waals surface area contributed by atoms with Crippen LogP contribution < -0.4 is 14.3 Å². The Hall–Kier alpha value is -2.36. The number of benzene rings is 1. The van der Waals surface area contributed by atoms with Gasteiger partial charge in [0.15, 0.2) is 12.4 Å². The van der Waals surface area contributed by atoms with Gasteiger partial charge in [0.1, 0.15) is 12.8 Å². The molecule has 0 amide bonds. The van der Waals surface area contributed by atoms with Gasteiger partial charge in [0.05, 0.1) is 19.0 Å². The average molecular weight is 256 g/mol. The lowest BCUT2D eigenvalue weighted by Gasteiger charge is -2.12.